The van der Waals surface area contributed by atoms with Crippen LogP contribution in [0.1, 0.15) is 31.6 Å². The van der Waals surface area contributed by atoms with Crippen molar-refractivity contribution < 1.29 is 9.32 Å². The number of hydrogen-bond donors (Lipinski definition) is 0. The van der Waals surface area contributed by atoms with Gasteiger partial charge in [-0.1, -0.05) is 12.8 Å². The molecular formula is C11H17N3O2. The van der Waals surface area contributed by atoms with Gasteiger partial charge in [-0.05, 0) is 18.0 Å². The van der Waals surface area contributed by atoms with Gasteiger partial charge in [-0.3, -0.25) is 4.79 Å². The van der Waals surface area contributed by atoms with E-state index in [0.717, 1.165) is 12.8 Å². The van der Waals surface area contributed by atoms with Crippen LogP contribution in [0.2, 0.25) is 0 Å². The monoisotopic (exact) mass is 223 g/mol. The van der Waals surface area contributed by atoms with E-state index in [1.165, 1.54) is 12.8 Å². The number of carbonyl (C=O) groups is 1. The van der Waals surface area contributed by atoms with Crippen molar-refractivity contribution in [1.29, 1.82) is 0 Å². The zero-order valence-electron chi connectivity index (χ0n) is 9.77. The van der Waals surface area contributed by atoms with Crippen molar-refractivity contribution in [2.75, 3.05) is 19.0 Å². The molecular weight excluding hydrogens is 206 g/mol. The Morgan fingerprint density at radius 3 is 2.69 bits per heavy atom. The van der Waals surface area contributed by atoms with Crippen LogP contribution >= 0.6 is 0 Å². The highest BCUT2D eigenvalue weighted by Crippen LogP contribution is 2.26. The molecule has 88 valence electrons. The molecule has 0 radical (unpaired) electrons. The summed E-state index contributed by atoms with van der Waals surface area (Å²) in [6.45, 7) is 0. The highest BCUT2D eigenvalue weighted by molar-refractivity contribution is 5.82. The summed E-state index contributed by atoms with van der Waals surface area (Å²) in [5.41, 5.74) is 0. The summed E-state index contributed by atoms with van der Waals surface area (Å²) in [4.78, 5) is 17.8. The van der Waals surface area contributed by atoms with E-state index in [0.29, 0.717) is 11.8 Å². The van der Waals surface area contributed by atoms with Crippen LogP contribution in [0.5, 0.6) is 0 Å². The minimum absolute atomic E-state index is 0.217. The van der Waals surface area contributed by atoms with E-state index in [4.69, 9.17) is 4.52 Å². The first-order chi connectivity index (χ1) is 7.66. The summed E-state index contributed by atoms with van der Waals surface area (Å²) in [6.07, 6.45) is 4.67. The van der Waals surface area contributed by atoms with E-state index >= 15 is 0 Å². The normalized spacial score (nSPS) is 16.6. The molecule has 0 spiro atoms. The fourth-order valence-electron chi connectivity index (χ4n) is 2.04. The van der Waals surface area contributed by atoms with Gasteiger partial charge in [0.05, 0.1) is 6.42 Å². The van der Waals surface area contributed by atoms with E-state index in [9.17, 15) is 4.79 Å². The van der Waals surface area contributed by atoms with Crippen LogP contribution in [0, 0.1) is 5.92 Å². The van der Waals surface area contributed by atoms with Crippen LogP contribution in [0.15, 0.2) is 4.52 Å². The van der Waals surface area contributed by atoms with Gasteiger partial charge < -0.3 is 9.42 Å². The lowest BCUT2D eigenvalue weighted by atomic mass is 10.0. The first-order valence-electron chi connectivity index (χ1n) is 5.69. The molecule has 0 aliphatic heterocycles. The maximum Gasteiger partial charge on any atom is 0.265 e. The van der Waals surface area contributed by atoms with E-state index in [2.05, 4.69) is 10.1 Å². The summed E-state index contributed by atoms with van der Waals surface area (Å²) in [6, 6.07) is 0. The minimum atomic E-state index is 0.217. The third-order valence-corrected chi connectivity index (χ3v) is 2.99. The second-order valence-electron chi connectivity index (χ2n) is 4.51. The van der Waals surface area contributed by atoms with Gasteiger partial charge >= 0.3 is 0 Å². The number of ketones is 1. The Morgan fingerprint density at radius 1 is 1.44 bits per heavy atom. The molecule has 1 aliphatic carbocycles. The molecule has 2 rings (SSSR count). The lowest BCUT2D eigenvalue weighted by Gasteiger charge is -2.04. The second-order valence-corrected chi connectivity index (χ2v) is 4.51. The van der Waals surface area contributed by atoms with Gasteiger partial charge in [-0.2, -0.15) is 4.98 Å². The molecule has 0 N–H and O–H groups in total. The fraction of sp³-hybridized carbons (Fsp3) is 0.727. The molecule has 1 aromatic rings. The molecule has 5 heteroatoms. The summed E-state index contributed by atoms with van der Waals surface area (Å²) in [5, 5.41) is 3.78. The Labute approximate surface area is 94.8 Å². The number of carbonyl (C=O) groups excluding carboxylic acids is 1. The number of aromatic nitrogens is 2. The first-order valence-corrected chi connectivity index (χ1v) is 5.69. The Morgan fingerprint density at radius 2 is 2.12 bits per heavy atom. The molecule has 0 saturated heterocycles. The van der Waals surface area contributed by atoms with Gasteiger partial charge in [0.2, 0.25) is 5.89 Å². The maximum atomic E-state index is 11.9. The fourth-order valence-corrected chi connectivity index (χ4v) is 2.04. The number of hydrogen-bond acceptors (Lipinski definition) is 5. The Balaban J connectivity index is 1.95. The van der Waals surface area contributed by atoms with Crippen molar-refractivity contribution in [3.05, 3.63) is 5.89 Å². The molecule has 0 aromatic carbocycles. The maximum absolute atomic E-state index is 11.9. The zero-order chi connectivity index (χ0) is 11.5. The van der Waals surface area contributed by atoms with Crippen LogP contribution in [-0.2, 0) is 11.2 Å². The summed E-state index contributed by atoms with van der Waals surface area (Å²) in [5.74, 6) is 1.41. The molecule has 5 nitrogen and oxygen atoms in total. The van der Waals surface area contributed by atoms with Crippen molar-refractivity contribution in [3.63, 3.8) is 0 Å². The van der Waals surface area contributed by atoms with E-state index in [-0.39, 0.29) is 18.1 Å². The van der Waals surface area contributed by atoms with Crippen molar-refractivity contribution >= 4 is 11.7 Å². The third kappa shape index (κ3) is 2.40. The Kier molecular flexibility index (Phi) is 3.22. The second kappa shape index (κ2) is 4.63. The molecule has 1 aromatic heterocycles. The molecule has 0 bridgehead atoms. The van der Waals surface area contributed by atoms with Crippen LogP contribution < -0.4 is 4.90 Å². The van der Waals surface area contributed by atoms with Crippen molar-refractivity contribution in [3.8, 4) is 0 Å². The molecule has 1 saturated carbocycles. The number of nitrogens with zero attached hydrogens (tertiary/aromatic N) is 3. The lowest BCUT2D eigenvalue weighted by Crippen LogP contribution is -2.14. The van der Waals surface area contributed by atoms with E-state index < -0.39 is 0 Å². The van der Waals surface area contributed by atoms with Crippen LogP contribution in [0.25, 0.3) is 0 Å². The van der Waals surface area contributed by atoms with Gasteiger partial charge in [0.25, 0.3) is 5.95 Å². The third-order valence-electron chi connectivity index (χ3n) is 2.99. The standard InChI is InChI=1S/C11H17N3O2/c1-14(2)11-12-10(16-13-11)7-9(15)8-5-3-4-6-8/h8H,3-7H2,1-2H3. The average Bonchev–Trinajstić information content (AvgIpc) is 2.87. The van der Waals surface area contributed by atoms with Crippen molar-refractivity contribution in [2.45, 2.75) is 32.1 Å². The Bertz CT molecular complexity index is 367. The van der Waals surface area contributed by atoms with E-state index in [1.54, 1.807) is 4.90 Å². The topological polar surface area (TPSA) is 59.2 Å². The predicted octanol–water partition coefficient (Wildman–Crippen LogP) is 1.44. The molecule has 0 unspecified atom stereocenters. The molecule has 16 heavy (non-hydrogen) atoms. The molecule has 1 heterocycles. The highest BCUT2D eigenvalue weighted by atomic mass is 16.5. The molecule has 1 aliphatic rings. The van der Waals surface area contributed by atoms with Crippen LogP contribution in [0.4, 0.5) is 5.95 Å². The summed E-state index contributed by atoms with van der Waals surface area (Å²) in [7, 11) is 3.68. The Hall–Kier alpha value is -1.39. The SMILES string of the molecule is CN(C)c1noc(CC(=O)C2CCCC2)n1. The quantitative estimate of drug-likeness (QED) is 0.773. The van der Waals surface area contributed by atoms with Gasteiger partial charge in [-0.15, -0.1) is 0 Å². The summed E-state index contributed by atoms with van der Waals surface area (Å²) < 4.78 is 5.03. The minimum Gasteiger partial charge on any atom is -0.344 e. The highest BCUT2D eigenvalue weighted by Gasteiger charge is 2.24. The number of Topliss-reactive ketones (excluding diaryl/α,β-unsaturated/α-hetero) is 1. The van der Waals surface area contributed by atoms with E-state index in [1.807, 2.05) is 14.1 Å². The molecule has 1 fully saturated rings. The predicted molar refractivity (Wildman–Crippen MR) is 59.3 cm³/mol. The number of rotatable bonds is 4. The van der Waals surface area contributed by atoms with Crippen molar-refractivity contribution in [2.24, 2.45) is 5.92 Å². The van der Waals surface area contributed by atoms with Gasteiger partial charge in [0.1, 0.15) is 5.78 Å². The summed E-state index contributed by atoms with van der Waals surface area (Å²) >= 11 is 0. The lowest BCUT2D eigenvalue weighted by molar-refractivity contribution is -0.122. The smallest absolute Gasteiger partial charge is 0.265 e. The van der Waals surface area contributed by atoms with Crippen LogP contribution in [-0.4, -0.2) is 30.0 Å². The molecule has 0 amide bonds. The average molecular weight is 223 g/mol. The van der Waals surface area contributed by atoms with Gasteiger partial charge in [0.15, 0.2) is 0 Å². The first kappa shape index (κ1) is 11.1. The van der Waals surface area contributed by atoms with Gasteiger partial charge in [-0.25, -0.2) is 0 Å². The van der Waals surface area contributed by atoms with Crippen LogP contribution in [0.3, 0.4) is 0 Å². The molecule has 0 atom stereocenters. The largest absolute Gasteiger partial charge is 0.344 e. The van der Waals surface area contributed by atoms with Gasteiger partial charge in [0, 0.05) is 20.0 Å². The zero-order valence-corrected chi connectivity index (χ0v) is 9.77. The number of anilines is 1. The van der Waals surface area contributed by atoms with Crippen molar-refractivity contribution in [1.82, 2.24) is 10.1 Å².